The molecule has 0 unspecified atom stereocenters. The Labute approximate surface area is 118 Å². The number of hydrogen-bond donors (Lipinski definition) is 1. The number of benzene rings is 2. The molecule has 0 spiro atoms. The van der Waals surface area contributed by atoms with Crippen molar-refractivity contribution in [2.75, 3.05) is 0 Å². The molecule has 0 saturated heterocycles. The van der Waals surface area contributed by atoms with Gasteiger partial charge in [0.05, 0.1) is 5.69 Å². The molecule has 2 heteroatoms. The predicted molar refractivity (Wildman–Crippen MR) is 83.2 cm³/mol. The molecule has 3 rings (SSSR count). The van der Waals surface area contributed by atoms with Gasteiger partial charge in [-0.2, -0.15) is 0 Å². The van der Waals surface area contributed by atoms with Gasteiger partial charge in [-0.1, -0.05) is 36.8 Å². The monoisotopic (exact) mass is 263 g/mol. The van der Waals surface area contributed by atoms with E-state index in [0.29, 0.717) is 0 Å². The number of hydrogen-bond acceptors (Lipinski definition) is 1. The maximum absolute atomic E-state index is 11.5. The molecule has 1 aromatic heterocycles. The minimum Gasteiger partial charge on any atom is -0.354 e. The summed E-state index contributed by atoms with van der Waals surface area (Å²) in [5.41, 5.74) is 6.16. The minimum absolute atomic E-state index is 0.751. The van der Waals surface area contributed by atoms with Gasteiger partial charge in [-0.15, -0.1) is 0 Å². The summed E-state index contributed by atoms with van der Waals surface area (Å²) in [5.74, 6) is 0. The third kappa shape index (κ3) is 2.03. The van der Waals surface area contributed by atoms with Crippen LogP contribution in [0.3, 0.4) is 0 Å². The normalized spacial score (nSPS) is 10.9. The van der Waals surface area contributed by atoms with Gasteiger partial charge in [0.1, 0.15) is 0 Å². The van der Waals surface area contributed by atoms with Crippen molar-refractivity contribution in [3.8, 4) is 11.3 Å². The van der Waals surface area contributed by atoms with Gasteiger partial charge in [0.15, 0.2) is 6.29 Å². The number of aromatic amines is 1. The number of rotatable bonds is 3. The van der Waals surface area contributed by atoms with E-state index in [1.807, 2.05) is 12.1 Å². The van der Waals surface area contributed by atoms with Crippen LogP contribution >= 0.6 is 0 Å². The quantitative estimate of drug-likeness (QED) is 0.692. The van der Waals surface area contributed by atoms with Crippen LogP contribution in [0.5, 0.6) is 0 Å². The molecule has 0 amide bonds. The molecule has 1 heterocycles. The summed E-state index contributed by atoms with van der Waals surface area (Å²) < 4.78 is 0. The van der Waals surface area contributed by atoms with Crippen molar-refractivity contribution < 1.29 is 4.79 Å². The van der Waals surface area contributed by atoms with Crippen molar-refractivity contribution in [1.82, 2.24) is 4.98 Å². The summed E-state index contributed by atoms with van der Waals surface area (Å²) in [5, 5.41) is 1.01. The summed E-state index contributed by atoms with van der Waals surface area (Å²) >= 11 is 0. The number of carbonyl (C=O) groups excluding carboxylic acids is 1. The summed E-state index contributed by atoms with van der Waals surface area (Å²) in [4.78, 5) is 14.9. The standard InChI is InChI=1S/C18H17NO/c1-3-13-7-8-17-15(10-13)16(11-20)18(19-17)14-6-4-5-12(2)9-14/h4-11,19H,3H2,1-2H3. The minimum atomic E-state index is 0.751. The third-order valence-electron chi connectivity index (χ3n) is 3.74. The fraction of sp³-hybridized carbons (Fsp3) is 0.167. The Morgan fingerprint density at radius 2 is 2.00 bits per heavy atom. The van der Waals surface area contributed by atoms with Gasteiger partial charge >= 0.3 is 0 Å². The zero-order valence-corrected chi connectivity index (χ0v) is 11.7. The average molecular weight is 263 g/mol. The molecule has 0 bridgehead atoms. The number of fused-ring (bicyclic) bond motifs is 1. The van der Waals surface area contributed by atoms with E-state index in [0.717, 1.165) is 40.4 Å². The van der Waals surface area contributed by atoms with Crippen molar-refractivity contribution in [1.29, 1.82) is 0 Å². The van der Waals surface area contributed by atoms with Crippen LogP contribution in [0.4, 0.5) is 0 Å². The van der Waals surface area contributed by atoms with E-state index >= 15 is 0 Å². The lowest BCUT2D eigenvalue weighted by Gasteiger charge is -2.01. The molecule has 2 aromatic carbocycles. The Hall–Kier alpha value is -2.35. The molecule has 20 heavy (non-hydrogen) atoms. The van der Waals surface area contributed by atoms with Gasteiger partial charge in [-0.05, 0) is 42.7 Å². The highest BCUT2D eigenvalue weighted by atomic mass is 16.1. The van der Waals surface area contributed by atoms with Crippen LogP contribution in [0.1, 0.15) is 28.4 Å². The first-order chi connectivity index (χ1) is 9.72. The lowest BCUT2D eigenvalue weighted by atomic mass is 10.0. The zero-order valence-electron chi connectivity index (χ0n) is 11.7. The van der Waals surface area contributed by atoms with E-state index in [1.54, 1.807) is 0 Å². The molecule has 0 saturated carbocycles. The first kappa shape index (κ1) is 12.7. The highest BCUT2D eigenvalue weighted by molar-refractivity contribution is 6.04. The Kier molecular flexibility index (Phi) is 3.15. The van der Waals surface area contributed by atoms with Gasteiger partial charge in [0.2, 0.25) is 0 Å². The second kappa shape index (κ2) is 4.97. The smallest absolute Gasteiger partial charge is 0.152 e. The highest BCUT2D eigenvalue weighted by Gasteiger charge is 2.12. The lowest BCUT2D eigenvalue weighted by Crippen LogP contribution is -1.85. The Morgan fingerprint density at radius 1 is 1.15 bits per heavy atom. The van der Waals surface area contributed by atoms with Crippen LogP contribution < -0.4 is 0 Å². The Morgan fingerprint density at radius 3 is 2.70 bits per heavy atom. The fourth-order valence-electron chi connectivity index (χ4n) is 2.63. The van der Waals surface area contributed by atoms with Gasteiger partial charge in [-0.25, -0.2) is 0 Å². The third-order valence-corrected chi connectivity index (χ3v) is 3.74. The number of carbonyl (C=O) groups is 1. The molecule has 0 aliphatic carbocycles. The van der Waals surface area contributed by atoms with Crippen LogP contribution in [-0.4, -0.2) is 11.3 Å². The topological polar surface area (TPSA) is 32.9 Å². The van der Waals surface area contributed by atoms with Crippen LogP contribution in [0.25, 0.3) is 22.2 Å². The van der Waals surface area contributed by atoms with Crippen molar-refractivity contribution in [3.05, 3.63) is 59.2 Å². The SMILES string of the molecule is CCc1ccc2[nH]c(-c3cccc(C)c3)c(C=O)c2c1. The summed E-state index contributed by atoms with van der Waals surface area (Å²) in [6.45, 7) is 4.18. The Balaban J connectivity index is 2.28. The number of aromatic nitrogens is 1. The highest BCUT2D eigenvalue weighted by Crippen LogP contribution is 2.30. The predicted octanol–water partition coefficient (Wildman–Crippen LogP) is 4.52. The maximum Gasteiger partial charge on any atom is 0.152 e. The molecule has 0 radical (unpaired) electrons. The van der Waals surface area contributed by atoms with E-state index in [9.17, 15) is 4.79 Å². The van der Waals surface area contributed by atoms with Gasteiger partial charge in [-0.3, -0.25) is 4.79 Å². The van der Waals surface area contributed by atoms with Crippen molar-refractivity contribution >= 4 is 17.2 Å². The molecule has 0 aliphatic rings. The van der Waals surface area contributed by atoms with E-state index in [-0.39, 0.29) is 0 Å². The van der Waals surface area contributed by atoms with Crippen molar-refractivity contribution in [2.45, 2.75) is 20.3 Å². The molecule has 1 N–H and O–H groups in total. The molecule has 0 atom stereocenters. The van der Waals surface area contributed by atoms with Gasteiger partial charge < -0.3 is 4.98 Å². The van der Waals surface area contributed by atoms with Crippen LogP contribution in [0, 0.1) is 6.92 Å². The molecule has 0 fully saturated rings. The second-order valence-electron chi connectivity index (χ2n) is 5.13. The average Bonchev–Trinajstić information content (AvgIpc) is 2.84. The number of nitrogens with one attached hydrogen (secondary N) is 1. The number of H-pyrrole nitrogens is 1. The van der Waals surface area contributed by atoms with Crippen LogP contribution in [-0.2, 0) is 6.42 Å². The molecule has 3 aromatic rings. The van der Waals surface area contributed by atoms with Crippen LogP contribution in [0.15, 0.2) is 42.5 Å². The molecule has 100 valence electrons. The molecule has 0 aliphatic heterocycles. The van der Waals surface area contributed by atoms with E-state index in [1.165, 1.54) is 11.1 Å². The van der Waals surface area contributed by atoms with Gasteiger partial charge in [0.25, 0.3) is 0 Å². The van der Waals surface area contributed by atoms with E-state index < -0.39 is 0 Å². The van der Waals surface area contributed by atoms with Gasteiger partial charge in [0, 0.05) is 16.5 Å². The zero-order chi connectivity index (χ0) is 14.1. The van der Waals surface area contributed by atoms with Crippen molar-refractivity contribution in [2.24, 2.45) is 0 Å². The first-order valence-electron chi connectivity index (χ1n) is 6.89. The molecule has 2 nitrogen and oxygen atoms in total. The fourth-order valence-corrected chi connectivity index (χ4v) is 2.63. The first-order valence-corrected chi connectivity index (χ1v) is 6.89. The lowest BCUT2D eigenvalue weighted by molar-refractivity contribution is 0.112. The van der Waals surface area contributed by atoms with Crippen molar-refractivity contribution in [3.63, 3.8) is 0 Å². The van der Waals surface area contributed by atoms with Crippen LogP contribution in [0.2, 0.25) is 0 Å². The summed E-state index contributed by atoms with van der Waals surface area (Å²) in [6, 6.07) is 14.5. The van der Waals surface area contributed by atoms with E-state index in [2.05, 4.69) is 49.2 Å². The number of aldehydes is 1. The van der Waals surface area contributed by atoms with E-state index in [4.69, 9.17) is 0 Å². The second-order valence-corrected chi connectivity index (χ2v) is 5.13. The maximum atomic E-state index is 11.5. The molecular weight excluding hydrogens is 246 g/mol. The summed E-state index contributed by atoms with van der Waals surface area (Å²) in [7, 11) is 0. The Bertz CT molecular complexity index is 783. The largest absolute Gasteiger partial charge is 0.354 e. The number of aryl methyl sites for hydroxylation is 2. The molecular formula is C18H17NO. The summed E-state index contributed by atoms with van der Waals surface area (Å²) in [6.07, 6.45) is 1.93.